The van der Waals surface area contributed by atoms with Crippen molar-refractivity contribution in [2.45, 2.75) is 29.1 Å². The molecule has 0 bridgehead atoms. The molecule has 0 aliphatic heterocycles. The molecule has 1 aromatic carbocycles. The van der Waals surface area contributed by atoms with E-state index in [0.717, 1.165) is 28.9 Å². The molecular formula is C12H14ClN3S2. The lowest BCUT2D eigenvalue weighted by molar-refractivity contribution is 0.669. The van der Waals surface area contributed by atoms with Gasteiger partial charge in [0.1, 0.15) is 6.33 Å². The lowest BCUT2D eigenvalue weighted by Gasteiger charge is -2.09. The molecule has 0 saturated heterocycles. The number of benzene rings is 1. The van der Waals surface area contributed by atoms with Crippen molar-refractivity contribution < 1.29 is 0 Å². The molecule has 1 heterocycles. The monoisotopic (exact) mass is 299 g/mol. The van der Waals surface area contributed by atoms with Gasteiger partial charge in [0.25, 0.3) is 0 Å². The van der Waals surface area contributed by atoms with Gasteiger partial charge in [-0.05, 0) is 48.3 Å². The van der Waals surface area contributed by atoms with Crippen molar-refractivity contribution in [3.63, 3.8) is 0 Å². The largest absolute Gasteiger partial charge is 0.313 e. The highest BCUT2D eigenvalue weighted by Crippen LogP contribution is 2.32. The van der Waals surface area contributed by atoms with Crippen LogP contribution in [-0.2, 0) is 6.54 Å². The molecule has 0 atom stereocenters. The second-order valence-electron chi connectivity index (χ2n) is 3.74. The number of hydrogen-bond acceptors (Lipinski definition) is 5. The first-order valence-corrected chi connectivity index (χ1v) is 7.70. The maximum Gasteiger partial charge on any atom is 0.174 e. The number of nitrogens with zero attached hydrogens (tertiary/aromatic N) is 2. The highest BCUT2D eigenvalue weighted by Gasteiger charge is 2.07. The van der Waals surface area contributed by atoms with E-state index < -0.39 is 0 Å². The fourth-order valence-corrected chi connectivity index (χ4v) is 3.19. The Hall–Kier alpha value is -0.620. The van der Waals surface area contributed by atoms with Crippen LogP contribution in [0.1, 0.15) is 18.9 Å². The first-order valence-electron chi connectivity index (χ1n) is 5.73. The summed E-state index contributed by atoms with van der Waals surface area (Å²) >= 11 is 9.09. The van der Waals surface area contributed by atoms with Crippen molar-refractivity contribution in [1.82, 2.24) is 14.7 Å². The van der Waals surface area contributed by atoms with Crippen molar-refractivity contribution in [2.75, 3.05) is 6.54 Å². The van der Waals surface area contributed by atoms with E-state index in [4.69, 9.17) is 11.6 Å². The number of halogens is 1. The van der Waals surface area contributed by atoms with Crippen LogP contribution in [0.2, 0.25) is 5.02 Å². The van der Waals surface area contributed by atoms with E-state index >= 15 is 0 Å². The summed E-state index contributed by atoms with van der Waals surface area (Å²) in [6.45, 7) is 3.99. The summed E-state index contributed by atoms with van der Waals surface area (Å²) in [4.78, 5) is 5.37. The Kier molecular flexibility index (Phi) is 5.44. The zero-order valence-corrected chi connectivity index (χ0v) is 12.4. The Balaban J connectivity index is 2.12. The van der Waals surface area contributed by atoms with Crippen molar-refractivity contribution in [2.24, 2.45) is 0 Å². The number of rotatable bonds is 6. The number of aromatic nitrogens is 2. The van der Waals surface area contributed by atoms with Crippen LogP contribution in [0, 0.1) is 0 Å². The normalized spacial score (nSPS) is 10.8. The SMILES string of the molecule is CCCNCc1cc(Cl)ccc1Sc1ncns1. The minimum Gasteiger partial charge on any atom is -0.313 e. The van der Waals surface area contributed by atoms with Gasteiger partial charge in [-0.3, -0.25) is 0 Å². The van der Waals surface area contributed by atoms with Crippen molar-refractivity contribution >= 4 is 34.9 Å². The molecule has 1 N–H and O–H groups in total. The second kappa shape index (κ2) is 7.09. The van der Waals surface area contributed by atoms with Gasteiger partial charge in [0.05, 0.1) is 0 Å². The quantitative estimate of drug-likeness (QED) is 0.822. The molecule has 1 aromatic heterocycles. The molecule has 0 amide bonds. The van der Waals surface area contributed by atoms with Crippen molar-refractivity contribution in [3.8, 4) is 0 Å². The Morgan fingerprint density at radius 1 is 1.44 bits per heavy atom. The third-order valence-corrected chi connectivity index (χ3v) is 4.37. The Labute approximate surface area is 120 Å². The van der Waals surface area contributed by atoms with E-state index in [1.165, 1.54) is 22.0 Å². The topological polar surface area (TPSA) is 37.8 Å². The standard InChI is InChI=1S/C12H14ClN3S2/c1-2-5-14-7-9-6-10(13)3-4-11(9)17-12-15-8-16-18-12/h3-4,6,8,14H,2,5,7H2,1H3. The molecule has 96 valence electrons. The van der Waals surface area contributed by atoms with E-state index in [1.807, 2.05) is 18.2 Å². The van der Waals surface area contributed by atoms with Gasteiger partial charge in [0.2, 0.25) is 0 Å². The molecule has 0 spiro atoms. The fourth-order valence-electron chi connectivity index (χ4n) is 1.49. The molecule has 2 aromatic rings. The maximum atomic E-state index is 6.05. The third kappa shape index (κ3) is 3.95. The van der Waals surface area contributed by atoms with Crippen LogP contribution in [0.3, 0.4) is 0 Å². The lowest BCUT2D eigenvalue weighted by atomic mass is 10.2. The smallest absolute Gasteiger partial charge is 0.174 e. The minimum absolute atomic E-state index is 0.768. The molecule has 0 aliphatic rings. The van der Waals surface area contributed by atoms with Gasteiger partial charge in [0, 0.05) is 16.5 Å². The average Bonchev–Trinajstić information content (AvgIpc) is 2.86. The van der Waals surface area contributed by atoms with Gasteiger partial charge in [-0.25, -0.2) is 4.98 Å². The molecule has 6 heteroatoms. The summed E-state index contributed by atoms with van der Waals surface area (Å²) in [5.41, 5.74) is 1.20. The Morgan fingerprint density at radius 2 is 2.33 bits per heavy atom. The van der Waals surface area contributed by atoms with Crippen LogP contribution in [0.5, 0.6) is 0 Å². The Bertz CT molecular complexity index is 488. The van der Waals surface area contributed by atoms with Gasteiger partial charge in [-0.15, -0.1) is 0 Å². The van der Waals surface area contributed by atoms with Gasteiger partial charge in [0.15, 0.2) is 4.34 Å². The number of nitrogens with one attached hydrogen (secondary N) is 1. The zero-order valence-electron chi connectivity index (χ0n) is 10.0. The van der Waals surface area contributed by atoms with Gasteiger partial charge >= 0.3 is 0 Å². The predicted octanol–water partition coefficient (Wildman–Crippen LogP) is 3.84. The molecular weight excluding hydrogens is 286 g/mol. The first kappa shape index (κ1) is 13.8. The van der Waals surface area contributed by atoms with Crippen LogP contribution in [0.25, 0.3) is 0 Å². The van der Waals surface area contributed by atoms with Crippen molar-refractivity contribution in [3.05, 3.63) is 35.1 Å². The molecule has 3 nitrogen and oxygen atoms in total. The minimum atomic E-state index is 0.768. The summed E-state index contributed by atoms with van der Waals surface area (Å²) in [5.74, 6) is 0. The Morgan fingerprint density at radius 3 is 3.06 bits per heavy atom. The first-order chi connectivity index (χ1) is 8.79. The molecule has 0 fully saturated rings. The maximum absolute atomic E-state index is 6.05. The summed E-state index contributed by atoms with van der Waals surface area (Å²) in [5, 5.41) is 4.16. The summed E-state index contributed by atoms with van der Waals surface area (Å²) in [7, 11) is 0. The lowest BCUT2D eigenvalue weighted by Crippen LogP contribution is -2.14. The molecule has 0 aliphatic carbocycles. The van der Waals surface area contributed by atoms with Crippen LogP contribution >= 0.6 is 34.9 Å². The van der Waals surface area contributed by atoms with E-state index in [-0.39, 0.29) is 0 Å². The van der Waals surface area contributed by atoms with Gasteiger partial charge in [-0.2, -0.15) is 4.37 Å². The molecule has 0 saturated carbocycles. The van der Waals surface area contributed by atoms with Crippen LogP contribution in [0.15, 0.2) is 33.8 Å². The highest BCUT2D eigenvalue weighted by atomic mass is 35.5. The zero-order chi connectivity index (χ0) is 12.8. The van der Waals surface area contributed by atoms with E-state index in [9.17, 15) is 0 Å². The van der Waals surface area contributed by atoms with Gasteiger partial charge in [-0.1, -0.05) is 30.3 Å². The van der Waals surface area contributed by atoms with E-state index in [2.05, 4.69) is 21.6 Å². The average molecular weight is 300 g/mol. The van der Waals surface area contributed by atoms with Crippen molar-refractivity contribution in [1.29, 1.82) is 0 Å². The predicted molar refractivity (Wildman–Crippen MR) is 77.5 cm³/mol. The van der Waals surface area contributed by atoms with Crippen LogP contribution < -0.4 is 5.32 Å². The molecule has 18 heavy (non-hydrogen) atoms. The van der Waals surface area contributed by atoms with E-state index in [0.29, 0.717) is 0 Å². The van der Waals surface area contributed by atoms with Gasteiger partial charge < -0.3 is 5.32 Å². The fraction of sp³-hybridized carbons (Fsp3) is 0.333. The molecule has 0 radical (unpaired) electrons. The second-order valence-corrected chi connectivity index (χ2v) is 6.24. The third-order valence-electron chi connectivity index (χ3n) is 2.30. The highest BCUT2D eigenvalue weighted by molar-refractivity contribution is 8.01. The summed E-state index contributed by atoms with van der Waals surface area (Å²) in [6.07, 6.45) is 2.71. The summed E-state index contributed by atoms with van der Waals surface area (Å²) in [6, 6.07) is 5.96. The van der Waals surface area contributed by atoms with Crippen LogP contribution in [-0.4, -0.2) is 15.9 Å². The van der Waals surface area contributed by atoms with E-state index in [1.54, 1.807) is 18.1 Å². The molecule has 0 unspecified atom stereocenters. The number of hydrogen-bond donors (Lipinski definition) is 1. The summed E-state index contributed by atoms with van der Waals surface area (Å²) < 4.78 is 4.96. The molecule has 2 rings (SSSR count). The van der Waals surface area contributed by atoms with Crippen LogP contribution in [0.4, 0.5) is 0 Å².